The van der Waals surface area contributed by atoms with E-state index in [2.05, 4.69) is 25.7 Å². The molecule has 2 atom stereocenters. The van der Waals surface area contributed by atoms with Crippen LogP contribution in [0.4, 0.5) is 0 Å². The molecule has 74 valence electrons. The van der Waals surface area contributed by atoms with Crippen LogP contribution in [0.25, 0.3) is 0 Å². The Labute approximate surface area is 80.3 Å². The van der Waals surface area contributed by atoms with Gasteiger partial charge in [0.1, 0.15) is 6.10 Å². The lowest BCUT2D eigenvalue weighted by Gasteiger charge is -2.33. The van der Waals surface area contributed by atoms with Gasteiger partial charge in [-0.2, -0.15) is 0 Å². The smallest absolute Gasteiger partial charge is 0.111 e. The van der Waals surface area contributed by atoms with E-state index in [1.165, 1.54) is 0 Å². The maximum atomic E-state index is 9.01. The van der Waals surface area contributed by atoms with E-state index in [0.29, 0.717) is 5.92 Å². The lowest BCUT2D eigenvalue weighted by atomic mass is 9.89. The van der Waals surface area contributed by atoms with Crippen LogP contribution in [-0.4, -0.2) is 23.4 Å². The average Bonchev–Trinajstić information content (AvgIpc) is 1.99. The second-order valence-corrected chi connectivity index (χ2v) is 4.26. The summed E-state index contributed by atoms with van der Waals surface area (Å²) < 4.78 is 5.57. The number of ether oxygens (including phenoxy) is 1. The van der Waals surface area contributed by atoms with Gasteiger partial charge in [0.25, 0.3) is 0 Å². The molecule has 1 aliphatic heterocycles. The van der Waals surface area contributed by atoms with Crippen LogP contribution in [0, 0.1) is 17.8 Å². The van der Waals surface area contributed by atoms with Gasteiger partial charge in [0.05, 0.1) is 5.60 Å². The van der Waals surface area contributed by atoms with Crippen molar-refractivity contribution >= 4 is 0 Å². The molecule has 1 rings (SSSR count). The Morgan fingerprint density at radius 3 is 2.77 bits per heavy atom. The Kier molecular flexibility index (Phi) is 3.35. The van der Waals surface area contributed by atoms with Crippen molar-refractivity contribution in [3.8, 4) is 11.8 Å². The zero-order valence-electron chi connectivity index (χ0n) is 8.63. The van der Waals surface area contributed by atoms with E-state index in [-0.39, 0.29) is 5.60 Å². The van der Waals surface area contributed by atoms with Crippen molar-refractivity contribution in [2.75, 3.05) is 6.61 Å². The van der Waals surface area contributed by atoms with Gasteiger partial charge in [-0.3, -0.25) is 0 Å². The fourth-order valence-corrected chi connectivity index (χ4v) is 1.59. The molecule has 13 heavy (non-hydrogen) atoms. The second-order valence-electron chi connectivity index (χ2n) is 4.26. The fourth-order valence-electron chi connectivity index (χ4n) is 1.59. The molecule has 2 heteroatoms. The van der Waals surface area contributed by atoms with E-state index in [9.17, 15) is 0 Å². The quantitative estimate of drug-likeness (QED) is 0.576. The molecule has 1 N–H and O–H groups in total. The predicted molar refractivity (Wildman–Crippen MR) is 52.2 cm³/mol. The summed E-state index contributed by atoms with van der Waals surface area (Å²) in [6.07, 6.45) is 1.45. The first kappa shape index (κ1) is 10.6. The molecular formula is C11H18O2. The van der Waals surface area contributed by atoms with Crippen molar-refractivity contribution in [2.24, 2.45) is 5.92 Å². The van der Waals surface area contributed by atoms with E-state index >= 15 is 0 Å². The Morgan fingerprint density at radius 2 is 2.23 bits per heavy atom. The summed E-state index contributed by atoms with van der Waals surface area (Å²) in [5.41, 5.74) is -0.0453. The number of hydrogen-bond acceptors (Lipinski definition) is 2. The summed E-state index contributed by atoms with van der Waals surface area (Å²) in [5, 5.41) is 9.01. The maximum absolute atomic E-state index is 9.01. The van der Waals surface area contributed by atoms with Crippen LogP contribution in [0.3, 0.4) is 0 Å². The van der Waals surface area contributed by atoms with Crippen LogP contribution in [0.2, 0.25) is 0 Å². The van der Waals surface area contributed by atoms with Crippen molar-refractivity contribution in [3.05, 3.63) is 0 Å². The molecule has 0 aromatic rings. The van der Waals surface area contributed by atoms with Crippen LogP contribution in [0.15, 0.2) is 0 Å². The number of rotatable bonds is 0. The summed E-state index contributed by atoms with van der Waals surface area (Å²) in [7, 11) is 0. The van der Waals surface area contributed by atoms with Crippen LogP contribution < -0.4 is 0 Å². The highest BCUT2D eigenvalue weighted by Crippen LogP contribution is 2.27. The van der Waals surface area contributed by atoms with Gasteiger partial charge in [0.2, 0.25) is 0 Å². The Hall–Kier alpha value is -0.520. The molecular weight excluding hydrogens is 164 g/mol. The van der Waals surface area contributed by atoms with Crippen LogP contribution in [-0.2, 0) is 4.74 Å². The standard InChI is InChI=1S/C11H18O2/c1-9(12)4-5-10-6-7-13-11(2,3)8-10/h9-10,12H,6-8H2,1-3H3. The van der Waals surface area contributed by atoms with Gasteiger partial charge < -0.3 is 9.84 Å². The molecule has 1 fully saturated rings. The van der Waals surface area contributed by atoms with Crippen LogP contribution >= 0.6 is 0 Å². The van der Waals surface area contributed by atoms with E-state index in [1.54, 1.807) is 6.92 Å². The molecule has 0 bridgehead atoms. The Balaban J connectivity index is 2.49. The third-order valence-electron chi connectivity index (χ3n) is 2.19. The second kappa shape index (κ2) is 4.13. The minimum absolute atomic E-state index is 0.0453. The lowest BCUT2D eigenvalue weighted by molar-refractivity contribution is -0.0630. The first-order valence-electron chi connectivity index (χ1n) is 4.83. The molecule has 1 aliphatic rings. The van der Waals surface area contributed by atoms with Crippen LogP contribution in [0.1, 0.15) is 33.6 Å². The average molecular weight is 182 g/mol. The third-order valence-corrected chi connectivity index (χ3v) is 2.19. The highest BCUT2D eigenvalue weighted by atomic mass is 16.5. The lowest BCUT2D eigenvalue weighted by Crippen LogP contribution is -2.33. The van der Waals surface area contributed by atoms with Crippen molar-refractivity contribution in [1.82, 2.24) is 0 Å². The van der Waals surface area contributed by atoms with Gasteiger partial charge in [-0.05, 0) is 33.6 Å². The maximum Gasteiger partial charge on any atom is 0.111 e. The molecule has 2 nitrogen and oxygen atoms in total. The van der Waals surface area contributed by atoms with Gasteiger partial charge in [0, 0.05) is 12.5 Å². The first-order valence-corrected chi connectivity index (χ1v) is 4.83. The zero-order chi connectivity index (χ0) is 9.90. The number of hydrogen-bond donors (Lipinski definition) is 1. The molecule has 0 amide bonds. The van der Waals surface area contributed by atoms with Gasteiger partial charge in [-0.1, -0.05) is 11.8 Å². The molecule has 0 radical (unpaired) electrons. The molecule has 1 saturated heterocycles. The van der Waals surface area contributed by atoms with Gasteiger partial charge >= 0.3 is 0 Å². The molecule has 0 aliphatic carbocycles. The highest BCUT2D eigenvalue weighted by Gasteiger charge is 2.27. The van der Waals surface area contributed by atoms with Crippen molar-refractivity contribution in [2.45, 2.75) is 45.3 Å². The molecule has 0 aromatic heterocycles. The minimum Gasteiger partial charge on any atom is -0.381 e. The largest absolute Gasteiger partial charge is 0.381 e. The molecule has 2 unspecified atom stereocenters. The van der Waals surface area contributed by atoms with Gasteiger partial charge in [-0.25, -0.2) is 0 Å². The summed E-state index contributed by atoms with van der Waals surface area (Å²) in [5.74, 6) is 6.29. The fraction of sp³-hybridized carbons (Fsp3) is 0.818. The summed E-state index contributed by atoms with van der Waals surface area (Å²) in [6.45, 7) is 6.65. The molecule has 0 saturated carbocycles. The first-order chi connectivity index (χ1) is 5.99. The van der Waals surface area contributed by atoms with E-state index in [0.717, 1.165) is 19.4 Å². The number of aliphatic hydroxyl groups is 1. The predicted octanol–water partition coefficient (Wildman–Crippen LogP) is 1.58. The third kappa shape index (κ3) is 3.80. The minimum atomic E-state index is -0.508. The van der Waals surface area contributed by atoms with Crippen molar-refractivity contribution < 1.29 is 9.84 Å². The SMILES string of the molecule is CC(O)C#CC1CCOC(C)(C)C1. The summed E-state index contributed by atoms with van der Waals surface area (Å²) in [6, 6.07) is 0. The van der Waals surface area contributed by atoms with E-state index < -0.39 is 6.10 Å². The van der Waals surface area contributed by atoms with Crippen LogP contribution in [0.5, 0.6) is 0 Å². The number of aliphatic hydroxyl groups excluding tert-OH is 1. The van der Waals surface area contributed by atoms with Crippen molar-refractivity contribution in [3.63, 3.8) is 0 Å². The molecule has 0 aromatic carbocycles. The topological polar surface area (TPSA) is 29.5 Å². The Bertz CT molecular complexity index is 220. The van der Waals surface area contributed by atoms with Gasteiger partial charge in [0.15, 0.2) is 0 Å². The van der Waals surface area contributed by atoms with Gasteiger partial charge in [-0.15, -0.1) is 0 Å². The van der Waals surface area contributed by atoms with E-state index in [4.69, 9.17) is 9.84 Å². The summed E-state index contributed by atoms with van der Waals surface area (Å²) >= 11 is 0. The van der Waals surface area contributed by atoms with E-state index in [1.807, 2.05) is 0 Å². The highest BCUT2D eigenvalue weighted by molar-refractivity contribution is 5.08. The Morgan fingerprint density at radius 1 is 1.54 bits per heavy atom. The zero-order valence-corrected chi connectivity index (χ0v) is 8.63. The van der Waals surface area contributed by atoms with Crippen molar-refractivity contribution in [1.29, 1.82) is 0 Å². The molecule has 0 spiro atoms. The summed E-state index contributed by atoms with van der Waals surface area (Å²) in [4.78, 5) is 0. The molecule has 1 heterocycles. The monoisotopic (exact) mass is 182 g/mol. The normalized spacial score (nSPS) is 28.8.